The molecule has 0 aromatic rings. The summed E-state index contributed by atoms with van der Waals surface area (Å²) in [5.74, 6) is 1.16. The van der Waals surface area contributed by atoms with Gasteiger partial charge in [0, 0.05) is 27.1 Å². The molecule has 5 heterocycles. The van der Waals surface area contributed by atoms with Crippen LogP contribution in [0, 0.1) is 77.7 Å². The van der Waals surface area contributed by atoms with Gasteiger partial charge in [0.15, 0.2) is 0 Å². The molecule has 1 radical (unpaired) electrons. The van der Waals surface area contributed by atoms with Crippen LogP contribution < -0.4 is 42.5 Å². The molecular weight excluding hydrogens is 698 g/mol. The zero-order valence-corrected chi connectivity index (χ0v) is 29.2. The van der Waals surface area contributed by atoms with E-state index in [0.717, 1.165) is 44.9 Å². The Hall–Kier alpha value is -1.60. The first-order chi connectivity index (χ1) is 23.8. The van der Waals surface area contributed by atoms with Crippen LogP contribution in [0.5, 0.6) is 0 Å². The Kier molecular flexibility index (Phi) is 9.92. The molecule has 281 valence electrons. The standard InChI is InChI=1S/C32H53N11O6.Cu/c44-41(45)21-13-20-22(24(43(48)49)23(21)42(46)47)32-39-30-19-12-6-5-11-18(19)28(37-30)35-26-15-8-2-1-7-14(15)25(33-26)34-27-16-9-3-4-10-17(16)29(36-27)38-31(20)40-32;/h14-40H,1-13H2;/q;+2. The smallest absolute Gasteiger partial charge is 0.286 e. The summed E-state index contributed by atoms with van der Waals surface area (Å²) in [5.41, 5.74) is 0. The third-order valence-electron chi connectivity index (χ3n) is 14.8. The minimum Gasteiger partial charge on any atom is -0.286 e. The summed E-state index contributed by atoms with van der Waals surface area (Å²) in [4.78, 5) is 35.5. The Labute approximate surface area is 302 Å². The van der Waals surface area contributed by atoms with Gasteiger partial charge in [-0.3, -0.25) is 72.9 Å². The van der Waals surface area contributed by atoms with Gasteiger partial charge in [-0.25, -0.2) is 0 Å². The van der Waals surface area contributed by atoms with Crippen LogP contribution in [-0.4, -0.2) is 82.2 Å². The number of nitrogens with one attached hydrogen (secondary N) is 8. The molecule has 0 spiro atoms. The predicted molar refractivity (Wildman–Crippen MR) is 176 cm³/mol. The van der Waals surface area contributed by atoms with E-state index < -0.39 is 57.1 Å². The zero-order chi connectivity index (χ0) is 33.6. The minimum absolute atomic E-state index is 0. The molecule has 9 fully saturated rings. The van der Waals surface area contributed by atoms with Gasteiger partial charge in [0.1, 0.15) is 0 Å². The van der Waals surface area contributed by atoms with Crippen molar-refractivity contribution in [3.05, 3.63) is 30.3 Å². The molecule has 8 bridgehead atoms. The van der Waals surface area contributed by atoms with Gasteiger partial charge in [-0.15, -0.1) is 0 Å². The van der Waals surface area contributed by atoms with E-state index in [9.17, 15) is 30.3 Å². The van der Waals surface area contributed by atoms with Crippen LogP contribution in [0.3, 0.4) is 0 Å². The summed E-state index contributed by atoms with van der Waals surface area (Å²) in [6.07, 6.45) is 12.8. The maximum Gasteiger partial charge on any atom is 2.00 e. The number of fused-ring (bicyclic) bond motifs is 20. The summed E-state index contributed by atoms with van der Waals surface area (Å²) in [6.45, 7) is 0. The zero-order valence-electron chi connectivity index (χ0n) is 28.3. The van der Waals surface area contributed by atoms with Crippen molar-refractivity contribution in [3.63, 3.8) is 0 Å². The molecule has 19 unspecified atom stereocenters. The van der Waals surface area contributed by atoms with Crippen LogP contribution in [0.1, 0.15) is 83.5 Å². The van der Waals surface area contributed by atoms with Crippen molar-refractivity contribution in [2.45, 2.75) is 151 Å². The average Bonchev–Trinajstić information content (AvgIpc) is 3.83. The minimum atomic E-state index is -1.90. The molecule has 50 heavy (non-hydrogen) atoms. The summed E-state index contributed by atoms with van der Waals surface area (Å²) in [7, 11) is 0. The Morgan fingerprint density at radius 2 is 0.660 bits per heavy atom. The average molecular weight is 751 g/mol. The van der Waals surface area contributed by atoms with Crippen molar-refractivity contribution in [2.24, 2.45) is 47.3 Å². The van der Waals surface area contributed by atoms with Crippen LogP contribution >= 0.6 is 0 Å². The van der Waals surface area contributed by atoms with Crippen LogP contribution in [0.25, 0.3) is 0 Å². The number of nitro groups is 3. The first kappa shape index (κ1) is 35.4. The van der Waals surface area contributed by atoms with E-state index in [4.69, 9.17) is 0 Å². The van der Waals surface area contributed by atoms with Gasteiger partial charge in [-0.2, -0.15) is 0 Å². The predicted octanol–water partition coefficient (Wildman–Crippen LogP) is 0.369. The van der Waals surface area contributed by atoms with E-state index in [1.807, 2.05) is 0 Å². The number of hydrogen-bond acceptors (Lipinski definition) is 14. The molecule has 17 nitrogen and oxygen atoms in total. The molecule has 4 aliphatic carbocycles. The molecule has 5 aliphatic heterocycles. The van der Waals surface area contributed by atoms with E-state index in [-0.39, 0.29) is 60.5 Å². The van der Waals surface area contributed by atoms with Gasteiger partial charge in [0.25, 0.3) is 12.1 Å². The van der Waals surface area contributed by atoms with Crippen molar-refractivity contribution in [3.8, 4) is 0 Å². The Morgan fingerprint density at radius 3 is 0.940 bits per heavy atom. The van der Waals surface area contributed by atoms with Crippen molar-refractivity contribution < 1.29 is 31.8 Å². The molecular formula is C32H53CuN11O6+2. The third-order valence-corrected chi connectivity index (χ3v) is 14.8. The van der Waals surface area contributed by atoms with E-state index in [1.54, 1.807) is 0 Å². The van der Waals surface area contributed by atoms with Crippen molar-refractivity contribution in [1.29, 1.82) is 0 Å². The van der Waals surface area contributed by atoms with Gasteiger partial charge in [0.2, 0.25) is 0 Å². The van der Waals surface area contributed by atoms with Crippen molar-refractivity contribution in [2.75, 3.05) is 0 Å². The second kappa shape index (κ2) is 14.0. The molecule has 0 aromatic heterocycles. The Morgan fingerprint density at radius 1 is 0.380 bits per heavy atom. The summed E-state index contributed by atoms with van der Waals surface area (Å²) in [5, 5.41) is 68.6. The van der Waals surface area contributed by atoms with Crippen molar-refractivity contribution >= 4 is 0 Å². The summed E-state index contributed by atoms with van der Waals surface area (Å²) < 4.78 is 0. The second-order valence-electron chi connectivity index (χ2n) is 16.9. The Bertz CT molecular complexity index is 1320. The molecule has 0 amide bonds. The summed E-state index contributed by atoms with van der Waals surface area (Å²) >= 11 is 0. The molecule has 18 heteroatoms. The molecule has 4 saturated carbocycles. The van der Waals surface area contributed by atoms with E-state index in [0.29, 0.717) is 35.5 Å². The van der Waals surface area contributed by atoms with Crippen LogP contribution in [0.2, 0.25) is 0 Å². The molecule has 8 N–H and O–H groups in total. The summed E-state index contributed by atoms with van der Waals surface area (Å²) in [6, 6.07) is -5.23. The van der Waals surface area contributed by atoms with E-state index >= 15 is 0 Å². The van der Waals surface area contributed by atoms with Gasteiger partial charge in [-0.1, -0.05) is 38.5 Å². The first-order valence-corrected chi connectivity index (χ1v) is 19.3. The molecule has 0 aromatic carbocycles. The van der Waals surface area contributed by atoms with Crippen LogP contribution in [-0.2, 0) is 17.1 Å². The fourth-order valence-corrected chi connectivity index (χ4v) is 12.8. The maximum atomic E-state index is 12.8. The van der Waals surface area contributed by atoms with E-state index in [2.05, 4.69) is 42.5 Å². The largest absolute Gasteiger partial charge is 2.00 e. The molecule has 19 atom stereocenters. The van der Waals surface area contributed by atoms with Crippen LogP contribution in [0.15, 0.2) is 0 Å². The fraction of sp³-hybridized carbons (Fsp3) is 1.00. The molecule has 5 saturated heterocycles. The first-order valence-electron chi connectivity index (χ1n) is 19.3. The normalized spacial score (nSPS) is 52.4. The Balaban J connectivity index is 0.00000361. The quantitative estimate of drug-likeness (QED) is 0.111. The van der Waals surface area contributed by atoms with Gasteiger partial charge in [0.05, 0.1) is 55.2 Å². The second-order valence-corrected chi connectivity index (χ2v) is 16.9. The van der Waals surface area contributed by atoms with Gasteiger partial charge >= 0.3 is 23.1 Å². The third kappa shape index (κ3) is 5.89. The van der Waals surface area contributed by atoms with Crippen LogP contribution in [0.4, 0.5) is 0 Å². The number of nitrogens with zero attached hydrogens (tertiary/aromatic N) is 3. The topological polar surface area (TPSA) is 226 Å². The van der Waals surface area contributed by atoms with E-state index in [1.165, 1.54) is 32.1 Å². The van der Waals surface area contributed by atoms with Gasteiger partial charge in [-0.05, 0) is 74.0 Å². The maximum absolute atomic E-state index is 12.8. The number of rotatable bonds is 3. The van der Waals surface area contributed by atoms with Crippen molar-refractivity contribution in [1.82, 2.24) is 42.5 Å². The SMILES string of the molecule is O=[N+]([O-])C1CC2C3NC4NC(NC5NC(NC6NC(NC(N3)C2C([N+](=O)[O-])C1[N+](=O)[O-])C1CCCCC61)C1CCCCC51)C1CCCCC41.[Cu+2]. The molecule has 9 rings (SSSR count). The number of hydrogen-bond donors (Lipinski definition) is 8. The molecule has 9 aliphatic rings. The monoisotopic (exact) mass is 750 g/mol. The van der Waals surface area contributed by atoms with Gasteiger partial charge < -0.3 is 0 Å². The fourth-order valence-electron chi connectivity index (χ4n) is 12.8.